The Hall–Kier alpha value is -1.97. The second kappa shape index (κ2) is 3.89. The van der Waals surface area contributed by atoms with Crippen molar-refractivity contribution in [1.29, 1.82) is 0 Å². The van der Waals surface area contributed by atoms with Gasteiger partial charge in [0.05, 0.1) is 7.11 Å². The van der Waals surface area contributed by atoms with Crippen LogP contribution in [0.25, 0.3) is 11.3 Å². The van der Waals surface area contributed by atoms with Crippen LogP contribution >= 0.6 is 0 Å². The number of nitrogens with zero attached hydrogens (tertiary/aromatic N) is 1. The van der Waals surface area contributed by atoms with Gasteiger partial charge in [0, 0.05) is 11.6 Å². The van der Waals surface area contributed by atoms with E-state index in [0.717, 1.165) is 22.4 Å². The molecule has 0 spiro atoms. The summed E-state index contributed by atoms with van der Waals surface area (Å²) in [6.07, 6.45) is 0. The lowest BCUT2D eigenvalue weighted by Crippen LogP contribution is -1.91. The van der Waals surface area contributed by atoms with Crippen molar-refractivity contribution in [3.63, 3.8) is 0 Å². The Labute approximate surface area is 94.0 Å². The summed E-state index contributed by atoms with van der Waals surface area (Å²) in [5, 5.41) is 3.67. The predicted octanol–water partition coefficient (Wildman–Crippen LogP) is 2.55. The molecule has 0 aliphatic heterocycles. The summed E-state index contributed by atoms with van der Waals surface area (Å²) < 4.78 is 10.4. The lowest BCUT2D eigenvalue weighted by Gasteiger charge is -2.09. The van der Waals surface area contributed by atoms with E-state index < -0.39 is 0 Å². The molecular weight excluding hydrogens is 204 g/mol. The van der Waals surface area contributed by atoms with Crippen molar-refractivity contribution >= 4 is 5.82 Å². The van der Waals surface area contributed by atoms with Crippen molar-refractivity contribution in [2.24, 2.45) is 0 Å². The molecule has 1 aromatic carbocycles. The van der Waals surface area contributed by atoms with E-state index in [-0.39, 0.29) is 0 Å². The summed E-state index contributed by atoms with van der Waals surface area (Å²) in [4.78, 5) is 0. The Balaban J connectivity index is 2.52. The highest BCUT2D eigenvalue weighted by Crippen LogP contribution is 2.30. The summed E-state index contributed by atoms with van der Waals surface area (Å²) in [6.45, 7) is 3.99. The Morgan fingerprint density at radius 3 is 2.25 bits per heavy atom. The number of hydrogen-bond donors (Lipinski definition) is 1. The van der Waals surface area contributed by atoms with Gasteiger partial charge in [-0.15, -0.1) is 0 Å². The molecule has 84 valence electrons. The van der Waals surface area contributed by atoms with E-state index in [9.17, 15) is 0 Å². The van der Waals surface area contributed by atoms with Crippen molar-refractivity contribution in [2.45, 2.75) is 13.8 Å². The SMILES string of the molecule is COc1c(C)cc(-c2cc(N)no2)cc1C. The molecule has 4 heteroatoms. The zero-order valence-corrected chi connectivity index (χ0v) is 9.57. The van der Waals surface area contributed by atoms with E-state index in [0.29, 0.717) is 11.6 Å². The molecule has 0 fully saturated rings. The lowest BCUT2D eigenvalue weighted by molar-refractivity contribution is 0.408. The number of benzene rings is 1. The minimum atomic E-state index is 0.390. The van der Waals surface area contributed by atoms with Crippen LogP contribution < -0.4 is 10.5 Å². The largest absolute Gasteiger partial charge is 0.496 e. The number of hydrogen-bond acceptors (Lipinski definition) is 4. The molecule has 16 heavy (non-hydrogen) atoms. The third-order valence-electron chi connectivity index (χ3n) is 2.48. The van der Waals surface area contributed by atoms with Gasteiger partial charge in [-0.3, -0.25) is 0 Å². The smallest absolute Gasteiger partial charge is 0.169 e. The van der Waals surface area contributed by atoms with Crippen LogP contribution in [-0.2, 0) is 0 Å². The molecule has 0 unspecified atom stereocenters. The van der Waals surface area contributed by atoms with Crippen LogP contribution in [-0.4, -0.2) is 12.3 Å². The Bertz CT molecular complexity index is 494. The van der Waals surface area contributed by atoms with Crippen molar-refractivity contribution in [3.8, 4) is 17.1 Å². The van der Waals surface area contributed by atoms with Gasteiger partial charge in [-0.2, -0.15) is 0 Å². The third kappa shape index (κ3) is 1.74. The quantitative estimate of drug-likeness (QED) is 0.841. The van der Waals surface area contributed by atoms with Crippen molar-refractivity contribution in [3.05, 3.63) is 29.3 Å². The van der Waals surface area contributed by atoms with E-state index in [1.54, 1.807) is 13.2 Å². The first-order valence-corrected chi connectivity index (χ1v) is 4.99. The minimum Gasteiger partial charge on any atom is -0.496 e. The van der Waals surface area contributed by atoms with E-state index in [1.807, 2.05) is 26.0 Å². The van der Waals surface area contributed by atoms with Gasteiger partial charge < -0.3 is 15.0 Å². The van der Waals surface area contributed by atoms with Gasteiger partial charge in [-0.1, -0.05) is 5.16 Å². The number of rotatable bonds is 2. The maximum absolute atomic E-state index is 5.52. The third-order valence-corrected chi connectivity index (χ3v) is 2.48. The van der Waals surface area contributed by atoms with Crippen molar-refractivity contribution in [1.82, 2.24) is 5.16 Å². The maximum atomic E-state index is 5.52. The number of nitrogen functional groups attached to an aromatic ring is 1. The van der Waals surface area contributed by atoms with Gasteiger partial charge in [0.25, 0.3) is 0 Å². The second-order valence-corrected chi connectivity index (χ2v) is 3.76. The molecule has 0 radical (unpaired) electrons. The van der Waals surface area contributed by atoms with Crippen LogP contribution in [0.1, 0.15) is 11.1 Å². The highest BCUT2D eigenvalue weighted by molar-refractivity contribution is 5.64. The maximum Gasteiger partial charge on any atom is 0.169 e. The number of anilines is 1. The monoisotopic (exact) mass is 218 g/mol. The van der Waals surface area contributed by atoms with Gasteiger partial charge in [0.2, 0.25) is 0 Å². The number of aromatic nitrogens is 1. The Morgan fingerprint density at radius 2 is 1.81 bits per heavy atom. The predicted molar refractivity (Wildman–Crippen MR) is 62.4 cm³/mol. The van der Waals surface area contributed by atoms with E-state index in [2.05, 4.69) is 5.16 Å². The first kappa shape index (κ1) is 10.5. The molecule has 0 aliphatic rings. The Kier molecular flexibility index (Phi) is 2.56. The van der Waals surface area contributed by atoms with Gasteiger partial charge in [0.1, 0.15) is 5.75 Å². The van der Waals surface area contributed by atoms with Gasteiger partial charge in [-0.25, -0.2) is 0 Å². The van der Waals surface area contributed by atoms with Crippen molar-refractivity contribution < 1.29 is 9.26 Å². The molecule has 2 aromatic rings. The average Bonchev–Trinajstić information content (AvgIpc) is 2.64. The molecule has 0 atom stereocenters. The van der Waals surface area contributed by atoms with Crippen LogP contribution in [0.15, 0.2) is 22.7 Å². The summed E-state index contributed by atoms with van der Waals surface area (Å²) >= 11 is 0. The minimum absolute atomic E-state index is 0.390. The molecule has 0 aliphatic carbocycles. The van der Waals surface area contributed by atoms with Crippen LogP contribution in [0.4, 0.5) is 5.82 Å². The molecule has 0 saturated carbocycles. The van der Waals surface area contributed by atoms with Gasteiger partial charge >= 0.3 is 0 Å². The van der Waals surface area contributed by atoms with Crippen molar-refractivity contribution in [2.75, 3.05) is 12.8 Å². The first-order valence-electron chi connectivity index (χ1n) is 4.99. The number of methoxy groups -OCH3 is 1. The van der Waals surface area contributed by atoms with E-state index >= 15 is 0 Å². The normalized spacial score (nSPS) is 10.4. The average molecular weight is 218 g/mol. The fourth-order valence-corrected chi connectivity index (χ4v) is 1.84. The molecule has 0 saturated heterocycles. The highest BCUT2D eigenvalue weighted by Gasteiger charge is 2.10. The lowest BCUT2D eigenvalue weighted by atomic mass is 10.0. The van der Waals surface area contributed by atoms with Crippen LogP contribution in [0.5, 0.6) is 5.75 Å². The van der Waals surface area contributed by atoms with Gasteiger partial charge in [-0.05, 0) is 37.1 Å². The van der Waals surface area contributed by atoms with Crippen LogP contribution in [0.2, 0.25) is 0 Å². The molecule has 1 aromatic heterocycles. The second-order valence-electron chi connectivity index (χ2n) is 3.76. The van der Waals surface area contributed by atoms with Crippen LogP contribution in [0.3, 0.4) is 0 Å². The zero-order chi connectivity index (χ0) is 11.7. The summed E-state index contributed by atoms with van der Waals surface area (Å²) in [5.74, 6) is 1.96. The molecule has 0 bridgehead atoms. The summed E-state index contributed by atoms with van der Waals surface area (Å²) in [7, 11) is 1.67. The number of aryl methyl sites for hydroxylation is 2. The fourth-order valence-electron chi connectivity index (χ4n) is 1.84. The van der Waals surface area contributed by atoms with E-state index in [1.165, 1.54) is 0 Å². The number of nitrogens with two attached hydrogens (primary N) is 1. The molecule has 0 amide bonds. The first-order chi connectivity index (χ1) is 7.61. The molecular formula is C12H14N2O2. The highest BCUT2D eigenvalue weighted by atomic mass is 16.5. The summed E-state index contributed by atoms with van der Waals surface area (Å²) in [5.41, 5.74) is 8.60. The standard InChI is InChI=1S/C12H14N2O2/c1-7-4-9(5-8(2)12(7)15-3)10-6-11(13)14-16-10/h4-6H,1-3H3,(H2,13,14). The molecule has 1 heterocycles. The summed E-state index contributed by atoms with van der Waals surface area (Å²) in [6, 6.07) is 5.69. The Morgan fingerprint density at radius 1 is 1.19 bits per heavy atom. The fraction of sp³-hybridized carbons (Fsp3) is 0.250. The molecule has 2 rings (SSSR count). The van der Waals surface area contributed by atoms with Crippen LogP contribution in [0, 0.1) is 13.8 Å². The molecule has 4 nitrogen and oxygen atoms in total. The van der Waals surface area contributed by atoms with Gasteiger partial charge in [0.15, 0.2) is 11.6 Å². The van der Waals surface area contributed by atoms with E-state index in [4.69, 9.17) is 15.0 Å². The molecule has 2 N–H and O–H groups in total. The topological polar surface area (TPSA) is 61.3 Å². The number of ether oxygens (including phenoxy) is 1. The zero-order valence-electron chi connectivity index (χ0n) is 9.57.